The maximum atomic E-state index is 12.1. The Morgan fingerprint density at radius 1 is 1.50 bits per heavy atom. The van der Waals surface area contributed by atoms with Crippen molar-refractivity contribution in [2.45, 2.75) is 6.92 Å². The maximum Gasteiger partial charge on any atom is 0.355 e. The summed E-state index contributed by atoms with van der Waals surface area (Å²) in [6.45, 7) is 1.72. The highest BCUT2D eigenvalue weighted by molar-refractivity contribution is 7.12. The van der Waals surface area contributed by atoms with Crippen molar-refractivity contribution in [2.75, 3.05) is 7.11 Å². The van der Waals surface area contributed by atoms with E-state index in [2.05, 4.69) is 9.97 Å². The summed E-state index contributed by atoms with van der Waals surface area (Å²) in [5, 5.41) is 3.10. The Hall–Kier alpha value is -2.41. The van der Waals surface area contributed by atoms with E-state index >= 15 is 0 Å². The number of carbonyl (C=O) groups excluding carboxylic acids is 1. The predicted molar refractivity (Wildman–Crippen MR) is 75.6 cm³/mol. The van der Waals surface area contributed by atoms with Crippen LogP contribution in [0.1, 0.15) is 16.1 Å². The normalized spacial score (nSPS) is 10.9. The molecule has 3 aromatic heterocycles. The smallest absolute Gasteiger partial charge is 0.355 e. The molecule has 3 aromatic rings. The molecule has 0 aliphatic rings. The Bertz CT molecular complexity index is 846. The van der Waals surface area contributed by atoms with Gasteiger partial charge in [-0.05, 0) is 30.0 Å². The number of rotatable bonds is 2. The van der Waals surface area contributed by atoms with Crippen LogP contribution in [0.4, 0.5) is 0 Å². The summed E-state index contributed by atoms with van der Waals surface area (Å²) in [6.07, 6.45) is 1.33. The molecule has 20 heavy (non-hydrogen) atoms. The molecule has 0 aromatic carbocycles. The average molecular weight is 289 g/mol. The third kappa shape index (κ3) is 1.67. The molecule has 1 N–H and O–H groups in total. The lowest BCUT2D eigenvalue weighted by Gasteiger charge is -2.06. The number of nitrogens with zero attached hydrogens (tertiary/aromatic N) is 2. The second-order valence-corrected chi connectivity index (χ2v) is 5.11. The van der Waals surface area contributed by atoms with Gasteiger partial charge in [0.15, 0.2) is 5.65 Å². The highest BCUT2D eigenvalue weighted by atomic mass is 32.1. The zero-order chi connectivity index (χ0) is 14.3. The van der Waals surface area contributed by atoms with Crippen molar-refractivity contribution < 1.29 is 9.53 Å². The van der Waals surface area contributed by atoms with Gasteiger partial charge < -0.3 is 9.72 Å². The van der Waals surface area contributed by atoms with Gasteiger partial charge in [-0.25, -0.2) is 9.78 Å². The van der Waals surface area contributed by atoms with Crippen LogP contribution < -0.4 is 5.56 Å². The van der Waals surface area contributed by atoms with Crippen LogP contribution in [0.5, 0.6) is 0 Å². The van der Waals surface area contributed by atoms with E-state index < -0.39 is 5.97 Å². The van der Waals surface area contributed by atoms with Gasteiger partial charge in [0.05, 0.1) is 18.8 Å². The average Bonchev–Trinajstić information content (AvgIpc) is 3.05. The molecule has 7 heteroatoms. The lowest BCUT2D eigenvalue weighted by molar-refractivity contribution is 0.0591. The molecule has 102 valence electrons. The molecule has 0 fully saturated rings. The number of hydrogen-bond donors (Lipinski definition) is 1. The largest absolute Gasteiger partial charge is 0.464 e. The van der Waals surface area contributed by atoms with Crippen molar-refractivity contribution in [1.29, 1.82) is 0 Å². The molecule has 0 aliphatic carbocycles. The zero-order valence-electron chi connectivity index (χ0n) is 10.8. The predicted octanol–water partition coefficient (Wildman–Crippen LogP) is 1.87. The molecule has 6 nitrogen and oxygen atoms in total. The summed E-state index contributed by atoms with van der Waals surface area (Å²) >= 11 is 1.46. The molecule has 0 unspecified atom stereocenters. The SMILES string of the molecule is COC(=O)c1c(C)c2c(=O)[nH]cnc2n1-c1cccs1. The lowest BCUT2D eigenvalue weighted by atomic mass is 10.2. The number of esters is 1. The van der Waals surface area contributed by atoms with Gasteiger partial charge in [-0.15, -0.1) is 11.3 Å². The molecule has 0 atom stereocenters. The summed E-state index contributed by atoms with van der Waals surface area (Å²) in [5.74, 6) is -0.492. The fourth-order valence-electron chi connectivity index (χ4n) is 2.24. The third-order valence-electron chi connectivity index (χ3n) is 3.10. The summed E-state index contributed by atoms with van der Waals surface area (Å²) in [4.78, 5) is 30.8. The number of H-pyrrole nitrogens is 1. The fourth-order valence-corrected chi connectivity index (χ4v) is 2.98. The molecule has 3 heterocycles. The van der Waals surface area contributed by atoms with Crippen LogP contribution in [-0.4, -0.2) is 27.6 Å². The van der Waals surface area contributed by atoms with E-state index in [1.807, 2.05) is 17.5 Å². The molecular weight excluding hydrogens is 278 g/mol. The minimum Gasteiger partial charge on any atom is -0.464 e. The molecule has 0 spiro atoms. The van der Waals surface area contributed by atoms with E-state index in [0.717, 1.165) is 5.00 Å². The second kappa shape index (κ2) is 4.61. The maximum absolute atomic E-state index is 12.1. The fraction of sp³-hybridized carbons (Fsp3) is 0.154. The summed E-state index contributed by atoms with van der Waals surface area (Å²) < 4.78 is 6.49. The van der Waals surface area contributed by atoms with Crippen LogP contribution in [0.2, 0.25) is 0 Å². The number of fused-ring (bicyclic) bond motifs is 1. The van der Waals surface area contributed by atoms with Gasteiger partial charge in [0.2, 0.25) is 0 Å². The number of nitrogens with one attached hydrogen (secondary N) is 1. The van der Waals surface area contributed by atoms with Crippen molar-refractivity contribution in [1.82, 2.24) is 14.5 Å². The Labute approximate surface area is 117 Å². The van der Waals surface area contributed by atoms with Crippen molar-refractivity contribution >= 4 is 28.3 Å². The van der Waals surface area contributed by atoms with Crippen molar-refractivity contribution in [3.63, 3.8) is 0 Å². The number of hydrogen-bond acceptors (Lipinski definition) is 5. The van der Waals surface area contributed by atoms with Gasteiger partial charge in [-0.1, -0.05) is 0 Å². The topological polar surface area (TPSA) is 77.0 Å². The van der Waals surface area contributed by atoms with Gasteiger partial charge in [0.25, 0.3) is 5.56 Å². The summed E-state index contributed by atoms with van der Waals surface area (Å²) in [7, 11) is 1.32. The summed E-state index contributed by atoms with van der Waals surface area (Å²) in [5.41, 5.74) is 1.07. The first-order chi connectivity index (χ1) is 9.65. The molecule has 0 saturated carbocycles. The van der Waals surface area contributed by atoms with E-state index in [9.17, 15) is 9.59 Å². The number of aromatic nitrogens is 3. The van der Waals surface area contributed by atoms with Crippen LogP contribution in [0.3, 0.4) is 0 Å². The highest BCUT2D eigenvalue weighted by Crippen LogP contribution is 2.28. The van der Waals surface area contributed by atoms with Crippen LogP contribution >= 0.6 is 11.3 Å². The molecule has 0 bridgehead atoms. The first-order valence-electron chi connectivity index (χ1n) is 5.86. The number of methoxy groups -OCH3 is 1. The minimum absolute atomic E-state index is 0.270. The van der Waals surface area contributed by atoms with E-state index in [1.54, 1.807) is 11.5 Å². The molecule has 0 radical (unpaired) electrons. The van der Waals surface area contributed by atoms with Crippen LogP contribution in [0.15, 0.2) is 28.6 Å². The number of aromatic amines is 1. The Kier molecular flexibility index (Phi) is 2.90. The standard InChI is InChI=1S/C13H11N3O3S/c1-7-9-11(14-6-15-12(9)17)16(8-4-3-5-20-8)10(7)13(18)19-2/h3-6H,1-2H3,(H,14,15,17). The first-order valence-corrected chi connectivity index (χ1v) is 6.74. The van der Waals surface area contributed by atoms with Crippen molar-refractivity contribution in [3.8, 4) is 5.00 Å². The lowest BCUT2D eigenvalue weighted by Crippen LogP contribution is -2.10. The minimum atomic E-state index is -0.492. The van der Waals surface area contributed by atoms with Crippen molar-refractivity contribution in [2.24, 2.45) is 0 Å². The molecule has 3 rings (SSSR count). The Morgan fingerprint density at radius 3 is 2.95 bits per heavy atom. The van der Waals surface area contributed by atoms with Gasteiger partial charge >= 0.3 is 5.97 Å². The number of thiophene rings is 1. The Balaban J connectivity index is 2.50. The van der Waals surface area contributed by atoms with Crippen LogP contribution in [0, 0.1) is 6.92 Å². The molecule has 0 aliphatic heterocycles. The van der Waals surface area contributed by atoms with E-state index in [-0.39, 0.29) is 5.56 Å². The quantitative estimate of drug-likeness (QED) is 0.731. The van der Waals surface area contributed by atoms with Gasteiger partial charge in [-0.2, -0.15) is 0 Å². The molecule has 0 amide bonds. The number of aryl methyl sites for hydroxylation is 1. The van der Waals surface area contributed by atoms with Gasteiger partial charge in [-0.3, -0.25) is 9.36 Å². The van der Waals surface area contributed by atoms with Crippen LogP contribution in [0.25, 0.3) is 16.0 Å². The Morgan fingerprint density at radius 2 is 2.30 bits per heavy atom. The van der Waals surface area contributed by atoms with E-state index in [0.29, 0.717) is 22.3 Å². The third-order valence-corrected chi connectivity index (χ3v) is 3.96. The van der Waals surface area contributed by atoms with E-state index in [1.165, 1.54) is 24.8 Å². The first kappa shape index (κ1) is 12.6. The number of carbonyl (C=O) groups is 1. The second-order valence-electron chi connectivity index (χ2n) is 4.18. The van der Waals surface area contributed by atoms with Gasteiger partial charge in [0.1, 0.15) is 10.7 Å². The monoisotopic (exact) mass is 289 g/mol. The van der Waals surface area contributed by atoms with E-state index in [4.69, 9.17) is 4.74 Å². The van der Waals surface area contributed by atoms with Gasteiger partial charge in [0, 0.05) is 0 Å². The molecule has 0 saturated heterocycles. The highest BCUT2D eigenvalue weighted by Gasteiger charge is 2.24. The zero-order valence-corrected chi connectivity index (χ0v) is 11.7. The number of ether oxygens (including phenoxy) is 1. The van der Waals surface area contributed by atoms with Crippen LogP contribution in [-0.2, 0) is 4.74 Å². The summed E-state index contributed by atoms with van der Waals surface area (Å²) in [6, 6.07) is 3.73. The molecular formula is C13H11N3O3S. The van der Waals surface area contributed by atoms with Crippen molar-refractivity contribution in [3.05, 3.63) is 45.5 Å².